The molecule has 0 saturated carbocycles. The molecule has 1 aromatic carbocycles. The number of anilines is 1. The molecule has 27 heavy (non-hydrogen) atoms. The molecule has 0 spiro atoms. The second-order valence-electron chi connectivity index (χ2n) is 7.74. The number of ether oxygens (including phenoxy) is 1. The number of benzene rings is 1. The Labute approximate surface area is 162 Å². The minimum absolute atomic E-state index is 0.421. The molecule has 2 saturated heterocycles. The summed E-state index contributed by atoms with van der Waals surface area (Å²) in [7, 11) is 0. The van der Waals surface area contributed by atoms with Gasteiger partial charge in [0.1, 0.15) is 11.6 Å². The van der Waals surface area contributed by atoms with Crippen molar-refractivity contribution in [1.82, 2.24) is 14.9 Å². The highest BCUT2D eigenvalue weighted by Gasteiger charge is 2.21. The monoisotopic (exact) mass is 366 g/mol. The molecule has 2 aliphatic heterocycles. The number of rotatable bonds is 6. The average molecular weight is 367 g/mol. The fourth-order valence-electron chi connectivity index (χ4n) is 4.22. The maximum atomic E-state index is 5.50. The topological polar surface area (TPSA) is 50.3 Å². The highest BCUT2D eigenvalue weighted by atomic mass is 16.5. The fourth-order valence-corrected chi connectivity index (χ4v) is 4.22. The van der Waals surface area contributed by atoms with E-state index in [1.807, 2.05) is 6.92 Å². The van der Waals surface area contributed by atoms with Crippen molar-refractivity contribution < 1.29 is 4.74 Å². The Hall–Kier alpha value is -1.98. The summed E-state index contributed by atoms with van der Waals surface area (Å²) in [5.74, 6) is 2.93. The minimum atomic E-state index is 0.421. The van der Waals surface area contributed by atoms with E-state index in [-0.39, 0.29) is 0 Å². The smallest absolute Gasteiger partial charge is 0.129 e. The van der Waals surface area contributed by atoms with E-state index in [4.69, 9.17) is 4.74 Å². The first kappa shape index (κ1) is 18.4. The van der Waals surface area contributed by atoms with Crippen LogP contribution < -0.4 is 5.32 Å². The first-order valence-corrected chi connectivity index (χ1v) is 10.2. The zero-order valence-corrected chi connectivity index (χ0v) is 16.2. The van der Waals surface area contributed by atoms with Gasteiger partial charge < -0.3 is 15.0 Å². The number of hydrogen-bond acceptors (Lipinski definition) is 5. The van der Waals surface area contributed by atoms with Crippen molar-refractivity contribution in [2.75, 3.05) is 44.7 Å². The van der Waals surface area contributed by atoms with Gasteiger partial charge in [-0.3, -0.25) is 0 Å². The van der Waals surface area contributed by atoms with Crippen LogP contribution in [0.4, 0.5) is 5.82 Å². The van der Waals surface area contributed by atoms with Gasteiger partial charge in [-0.2, -0.15) is 0 Å². The van der Waals surface area contributed by atoms with Gasteiger partial charge in [-0.25, -0.2) is 9.97 Å². The number of hydrogen-bond donors (Lipinski definition) is 1. The Morgan fingerprint density at radius 2 is 1.89 bits per heavy atom. The van der Waals surface area contributed by atoms with Gasteiger partial charge in [0.2, 0.25) is 0 Å². The lowest BCUT2D eigenvalue weighted by molar-refractivity contribution is 0.193. The minimum Gasteiger partial charge on any atom is -0.381 e. The van der Waals surface area contributed by atoms with E-state index in [0.29, 0.717) is 5.92 Å². The Kier molecular flexibility index (Phi) is 6.00. The molecule has 4 rings (SSSR count). The van der Waals surface area contributed by atoms with Gasteiger partial charge in [-0.05, 0) is 50.8 Å². The van der Waals surface area contributed by atoms with Crippen LogP contribution in [0.25, 0.3) is 0 Å². The number of aryl methyl sites for hydroxylation is 1. The van der Waals surface area contributed by atoms with Gasteiger partial charge in [-0.1, -0.05) is 30.3 Å². The molecule has 0 bridgehead atoms. The van der Waals surface area contributed by atoms with Gasteiger partial charge in [0, 0.05) is 31.7 Å². The predicted molar refractivity (Wildman–Crippen MR) is 108 cm³/mol. The molecule has 2 aliphatic rings. The molecule has 0 amide bonds. The lowest BCUT2D eigenvalue weighted by Gasteiger charge is -2.32. The highest BCUT2D eigenvalue weighted by molar-refractivity contribution is 5.37. The van der Waals surface area contributed by atoms with Gasteiger partial charge in [0.15, 0.2) is 0 Å². The first-order chi connectivity index (χ1) is 13.3. The van der Waals surface area contributed by atoms with Crippen LogP contribution in [0.2, 0.25) is 0 Å². The summed E-state index contributed by atoms with van der Waals surface area (Å²) in [4.78, 5) is 11.7. The Balaban J connectivity index is 1.24. The molecule has 2 fully saturated rings. The van der Waals surface area contributed by atoms with Crippen LogP contribution in [0, 0.1) is 6.92 Å². The van der Waals surface area contributed by atoms with Crippen LogP contribution in [0.3, 0.4) is 0 Å². The second kappa shape index (κ2) is 8.81. The van der Waals surface area contributed by atoms with E-state index in [9.17, 15) is 0 Å². The molecule has 0 unspecified atom stereocenters. The molecule has 0 radical (unpaired) electrons. The normalized spacial score (nSPS) is 21.4. The van der Waals surface area contributed by atoms with Gasteiger partial charge in [-0.15, -0.1) is 0 Å². The number of nitrogens with zero attached hydrogens (tertiary/aromatic N) is 3. The molecule has 3 heterocycles. The molecule has 1 aromatic heterocycles. The molecule has 5 nitrogen and oxygen atoms in total. The first-order valence-electron chi connectivity index (χ1n) is 10.2. The molecule has 1 N–H and O–H groups in total. The SMILES string of the molecule is Cc1nc(NCCN2CCC(c3ccccc3)CC2)cc([C@@H]2CCOC2)n1. The van der Waals surface area contributed by atoms with Gasteiger partial charge in [0.25, 0.3) is 0 Å². The maximum Gasteiger partial charge on any atom is 0.129 e. The van der Waals surface area contributed by atoms with Crippen LogP contribution in [-0.4, -0.2) is 54.3 Å². The van der Waals surface area contributed by atoms with Gasteiger partial charge in [0.05, 0.1) is 12.3 Å². The van der Waals surface area contributed by atoms with Crippen molar-refractivity contribution in [2.45, 2.75) is 38.0 Å². The van der Waals surface area contributed by atoms with Crippen molar-refractivity contribution >= 4 is 5.82 Å². The zero-order chi connectivity index (χ0) is 18.5. The summed E-state index contributed by atoms with van der Waals surface area (Å²) in [6, 6.07) is 13.1. The lowest BCUT2D eigenvalue weighted by Crippen LogP contribution is -2.36. The molecular formula is C22H30N4O. The zero-order valence-electron chi connectivity index (χ0n) is 16.2. The van der Waals surface area contributed by atoms with Crippen LogP contribution >= 0.6 is 0 Å². The standard InChI is InChI=1S/C22H30N4O/c1-17-24-21(20-9-14-27-16-20)15-22(25-17)23-10-13-26-11-7-19(8-12-26)18-5-3-2-4-6-18/h2-6,15,19-20H,7-14,16H2,1H3,(H,23,24,25)/t20-/m1/s1. The number of nitrogens with one attached hydrogen (secondary N) is 1. The Morgan fingerprint density at radius 3 is 2.63 bits per heavy atom. The van der Waals surface area contributed by atoms with Crippen LogP contribution in [0.5, 0.6) is 0 Å². The number of aromatic nitrogens is 2. The Morgan fingerprint density at radius 1 is 1.07 bits per heavy atom. The summed E-state index contributed by atoms with van der Waals surface area (Å²) >= 11 is 0. The Bertz CT molecular complexity index is 722. The van der Waals surface area contributed by atoms with Crippen LogP contribution in [0.15, 0.2) is 36.4 Å². The van der Waals surface area contributed by atoms with E-state index in [1.54, 1.807) is 0 Å². The summed E-state index contributed by atoms with van der Waals surface area (Å²) in [5, 5.41) is 3.51. The lowest BCUT2D eigenvalue weighted by atomic mass is 9.89. The highest BCUT2D eigenvalue weighted by Crippen LogP contribution is 2.28. The summed E-state index contributed by atoms with van der Waals surface area (Å²) in [5.41, 5.74) is 2.61. The molecule has 5 heteroatoms. The van der Waals surface area contributed by atoms with Gasteiger partial charge >= 0.3 is 0 Å². The molecule has 2 aromatic rings. The quantitative estimate of drug-likeness (QED) is 0.847. The fraction of sp³-hybridized carbons (Fsp3) is 0.545. The third kappa shape index (κ3) is 4.85. The van der Waals surface area contributed by atoms with Crippen molar-refractivity contribution in [3.05, 3.63) is 53.5 Å². The predicted octanol–water partition coefficient (Wildman–Crippen LogP) is 3.58. The van der Waals surface area contributed by atoms with Crippen LogP contribution in [-0.2, 0) is 4.74 Å². The summed E-state index contributed by atoms with van der Waals surface area (Å²) in [6.45, 7) is 7.93. The van der Waals surface area contributed by atoms with E-state index in [0.717, 1.165) is 56.0 Å². The number of piperidine rings is 1. The molecule has 1 atom stereocenters. The average Bonchev–Trinajstić information content (AvgIpc) is 3.24. The maximum absolute atomic E-state index is 5.50. The van der Waals surface area contributed by atoms with Crippen molar-refractivity contribution in [3.63, 3.8) is 0 Å². The third-order valence-corrected chi connectivity index (χ3v) is 5.80. The van der Waals surface area contributed by atoms with Crippen molar-refractivity contribution in [1.29, 1.82) is 0 Å². The van der Waals surface area contributed by atoms with Crippen LogP contribution in [0.1, 0.15) is 48.2 Å². The number of likely N-dealkylation sites (tertiary alicyclic amines) is 1. The molecular weight excluding hydrogens is 336 g/mol. The van der Waals surface area contributed by atoms with E-state index in [1.165, 1.54) is 31.5 Å². The third-order valence-electron chi connectivity index (χ3n) is 5.80. The van der Waals surface area contributed by atoms with Crippen molar-refractivity contribution in [2.24, 2.45) is 0 Å². The van der Waals surface area contributed by atoms with E-state index < -0.39 is 0 Å². The van der Waals surface area contributed by atoms with E-state index >= 15 is 0 Å². The second-order valence-corrected chi connectivity index (χ2v) is 7.74. The largest absolute Gasteiger partial charge is 0.381 e. The molecule has 0 aliphatic carbocycles. The summed E-state index contributed by atoms with van der Waals surface area (Å²) in [6.07, 6.45) is 3.57. The molecule has 144 valence electrons. The van der Waals surface area contributed by atoms with Crippen molar-refractivity contribution in [3.8, 4) is 0 Å². The van der Waals surface area contributed by atoms with E-state index in [2.05, 4.69) is 56.6 Å². The summed E-state index contributed by atoms with van der Waals surface area (Å²) < 4.78 is 5.50.